The van der Waals surface area contributed by atoms with E-state index in [-0.39, 0.29) is 23.7 Å². The molecular formula is C19H19FN6O. The number of nitrogens with zero attached hydrogens (tertiary/aromatic N) is 4. The molecule has 8 heteroatoms. The van der Waals surface area contributed by atoms with Gasteiger partial charge in [-0.25, -0.2) is 14.4 Å². The van der Waals surface area contributed by atoms with E-state index in [1.807, 2.05) is 0 Å². The Morgan fingerprint density at radius 1 is 1.22 bits per heavy atom. The average Bonchev–Trinajstić information content (AvgIpc) is 3.23. The number of nitrogens with two attached hydrogens (primary N) is 1. The summed E-state index contributed by atoms with van der Waals surface area (Å²) in [4.78, 5) is 23.3. The maximum absolute atomic E-state index is 13.3. The van der Waals surface area contributed by atoms with Gasteiger partial charge < -0.3 is 10.6 Å². The molecule has 1 atom stereocenters. The Bertz CT molecular complexity index is 941. The minimum absolute atomic E-state index is 0.126. The molecule has 3 aromatic rings. The Morgan fingerprint density at radius 2 is 2.04 bits per heavy atom. The Hall–Kier alpha value is -3.29. The highest BCUT2D eigenvalue weighted by Gasteiger charge is 2.32. The van der Waals surface area contributed by atoms with Crippen molar-refractivity contribution in [1.29, 1.82) is 0 Å². The number of carbonyl (C=O) groups excluding carboxylic acids is 1. The van der Waals surface area contributed by atoms with Crippen LogP contribution in [0.4, 0.5) is 10.3 Å². The molecule has 1 saturated heterocycles. The first-order valence-electron chi connectivity index (χ1n) is 8.82. The zero-order valence-electron chi connectivity index (χ0n) is 14.6. The topological polar surface area (TPSA) is 101 Å². The second-order valence-electron chi connectivity index (χ2n) is 6.51. The lowest BCUT2D eigenvalue weighted by Gasteiger charge is -2.36. The van der Waals surface area contributed by atoms with E-state index in [2.05, 4.69) is 20.2 Å². The number of aromatic amines is 1. The molecule has 0 spiro atoms. The molecular weight excluding hydrogens is 347 g/mol. The summed E-state index contributed by atoms with van der Waals surface area (Å²) in [5.74, 6) is -0.291. The smallest absolute Gasteiger partial charge is 0.272 e. The van der Waals surface area contributed by atoms with Crippen LogP contribution in [-0.2, 0) is 0 Å². The molecule has 2 aromatic heterocycles. The fourth-order valence-corrected chi connectivity index (χ4v) is 3.50. The number of H-pyrrole nitrogens is 1. The summed E-state index contributed by atoms with van der Waals surface area (Å²) in [6.45, 7) is 0.620. The Kier molecular flexibility index (Phi) is 4.53. The molecule has 0 radical (unpaired) electrons. The van der Waals surface area contributed by atoms with Gasteiger partial charge in [-0.1, -0.05) is 12.1 Å². The molecule has 3 N–H and O–H groups in total. The first-order valence-corrected chi connectivity index (χ1v) is 8.82. The van der Waals surface area contributed by atoms with Crippen molar-refractivity contribution >= 4 is 11.9 Å². The van der Waals surface area contributed by atoms with Crippen LogP contribution < -0.4 is 5.73 Å². The molecule has 1 aromatic carbocycles. The van der Waals surface area contributed by atoms with Crippen LogP contribution in [0, 0.1) is 5.82 Å². The SMILES string of the molecule is Nc1ncc(-c2ccc(F)cc2)c([C@@H]2CCCCN2C(=O)c2ccn[nH]2)n1. The fourth-order valence-electron chi connectivity index (χ4n) is 3.50. The highest BCUT2D eigenvalue weighted by molar-refractivity contribution is 5.92. The number of anilines is 1. The quantitative estimate of drug-likeness (QED) is 0.742. The fraction of sp³-hybridized carbons (Fsp3) is 0.263. The van der Waals surface area contributed by atoms with Crippen molar-refractivity contribution in [3.8, 4) is 11.1 Å². The van der Waals surface area contributed by atoms with Gasteiger partial charge in [-0.2, -0.15) is 5.10 Å². The molecule has 27 heavy (non-hydrogen) atoms. The van der Waals surface area contributed by atoms with Gasteiger partial charge in [-0.15, -0.1) is 0 Å². The second kappa shape index (κ2) is 7.14. The zero-order valence-corrected chi connectivity index (χ0v) is 14.6. The third kappa shape index (κ3) is 3.38. The van der Waals surface area contributed by atoms with E-state index >= 15 is 0 Å². The summed E-state index contributed by atoms with van der Waals surface area (Å²) in [6, 6.07) is 7.56. The van der Waals surface area contributed by atoms with Crippen LogP contribution in [0.15, 0.2) is 42.7 Å². The van der Waals surface area contributed by atoms with Gasteiger partial charge in [0.15, 0.2) is 0 Å². The number of benzene rings is 1. The number of nitrogens with one attached hydrogen (secondary N) is 1. The van der Waals surface area contributed by atoms with Crippen LogP contribution in [0.3, 0.4) is 0 Å². The third-order valence-electron chi connectivity index (χ3n) is 4.80. The van der Waals surface area contributed by atoms with Crippen molar-refractivity contribution in [2.45, 2.75) is 25.3 Å². The van der Waals surface area contributed by atoms with Crippen molar-refractivity contribution in [3.63, 3.8) is 0 Å². The summed E-state index contributed by atoms with van der Waals surface area (Å²) >= 11 is 0. The van der Waals surface area contributed by atoms with Crippen LogP contribution in [0.5, 0.6) is 0 Å². The van der Waals surface area contributed by atoms with Crippen LogP contribution >= 0.6 is 0 Å². The first-order chi connectivity index (χ1) is 13.1. The minimum Gasteiger partial charge on any atom is -0.368 e. The standard InChI is InChI=1S/C19H19FN6O/c20-13-6-4-12(5-7-13)14-11-22-19(21)24-17(14)16-3-1-2-10-26(16)18(27)15-8-9-23-25-15/h4-9,11,16H,1-3,10H2,(H,23,25)(H2,21,22,24)/t16-/m0/s1. The van der Waals surface area contributed by atoms with E-state index in [1.54, 1.807) is 35.5 Å². The number of piperidine rings is 1. The molecule has 0 unspecified atom stereocenters. The predicted molar refractivity (Wildman–Crippen MR) is 98.1 cm³/mol. The van der Waals surface area contributed by atoms with Gasteiger partial charge in [0.05, 0.1) is 11.7 Å². The summed E-state index contributed by atoms with van der Waals surface area (Å²) in [5, 5.41) is 6.60. The summed E-state index contributed by atoms with van der Waals surface area (Å²) in [6.07, 6.45) is 5.86. The number of hydrogen-bond acceptors (Lipinski definition) is 5. The van der Waals surface area contributed by atoms with Crippen LogP contribution in [0.2, 0.25) is 0 Å². The molecule has 4 rings (SSSR count). The van der Waals surface area contributed by atoms with Crippen molar-refractivity contribution in [2.24, 2.45) is 0 Å². The normalized spacial score (nSPS) is 17.1. The zero-order chi connectivity index (χ0) is 18.8. The van der Waals surface area contributed by atoms with Gasteiger partial charge in [0, 0.05) is 24.5 Å². The molecule has 1 fully saturated rings. The van der Waals surface area contributed by atoms with Crippen molar-refractivity contribution in [2.75, 3.05) is 12.3 Å². The Morgan fingerprint density at radius 3 is 2.78 bits per heavy atom. The van der Waals surface area contributed by atoms with Crippen LogP contribution in [0.1, 0.15) is 41.5 Å². The maximum atomic E-state index is 13.3. The monoisotopic (exact) mass is 366 g/mol. The van der Waals surface area contributed by atoms with E-state index in [0.29, 0.717) is 17.9 Å². The van der Waals surface area contributed by atoms with E-state index < -0.39 is 0 Å². The maximum Gasteiger partial charge on any atom is 0.272 e. The number of halogens is 1. The average molecular weight is 366 g/mol. The number of amides is 1. The lowest BCUT2D eigenvalue weighted by Crippen LogP contribution is -2.39. The van der Waals surface area contributed by atoms with Gasteiger partial charge in [0.1, 0.15) is 11.5 Å². The van der Waals surface area contributed by atoms with Gasteiger partial charge in [0.2, 0.25) is 5.95 Å². The first kappa shape index (κ1) is 17.1. The lowest BCUT2D eigenvalue weighted by atomic mass is 9.93. The van der Waals surface area contributed by atoms with Crippen molar-refractivity contribution < 1.29 is 9.18 Å². The molecule has 0 saturated carbocycles. The number of likely N-dealkylation sites (tertiary alicyclic amines) is 1. The molecule has 1 amide bonds. The predicted octanol–water partition coefficient (Wildman–Crippen LogP) is 2.96. The minimum atomic E-state index is -0.314. The molecule has 138 valence electrons. The Balaban J connectivity index is 1.77. The third-order valence-corrected chi connectivity index (χ3v) is 4.80. The van der Waals surface area contributed by atoms with Crippen LogP contribution in [0.25, 0.3) is 11.1 Å². The van der Waals surface area contributed by atoms with Gasteiger partial charge in [0.25, 0.3) is 5.91 Å². The molecule has 7 nitrogen and oxygen atoms in total. The van der Waals surface area contributed by atoms with Crippen LogP contribution in [-0.4, -0.2) is 37.5 Å². The molecule has 0 bridgehead atoms. The summed E-state index contributed by atoms with van der Waals surface area (Å²) < 4.78 is 13.3. The number of nitrogen functional groups attached to an aromatic ring is 1. The lowest BCUT2D eigenvalue weighted by molar-refractivity contribution is 0.0600. The number of hydrogen-bond donors (Lipinski definition) is 2. The van der Waals surface area contributed by atoms with E-state index in [1.165, 1.54) is 12.1 Å². The van der Waals surface area contributed by atoms with E-state index in [4.69, 9.17) is 5.73 Å². The number of rotatable bonds is 3. The summed E-state index contributed by atoms with van der Waals surface area (Å²) in [7, 11) is 0. The van der Waals surface area contributed by atoms with E-state index in [0.717, 1.165) is 30.4 Å². The van der Waals surface area contributed by atoms with Crippen molar-refractivity contribution in [1.82, 2.24) is 25.1 Å². The molecule has 1 aliphatic rings. The molecule has 0 aliphatic carbocycles. The van der Waals surface area contributed by atoms with Gasteiger partial charge >= 0.3 is 0 Å². The second-order valence-corrected chi connectivity index (χ2v) is 6.51. The highest BCUT2D eigenvalue weighted by Crippen LogP contribution is 2.36. The number of carbonyl (C=O) groups is 1. The van der Waals surface area contributed by atoms with Gasteiger partial charge in [-0.3, -0.25) is 9.89 Å². The van der Waals surface area contributed by atoms with E-state index in [9.17, 15) is 9.18 Å². The largest absolute Gasteiger partial charge is 0.368 e. The summed E-state index contributed by atoms with van der Waals surface area (Å²) in [5.41, 5.74) is 8.50. The number of aromatic nitrogens is 4. The molecule has 3 heterocycles. The van der Waals surface area contributed by atoms with Crippen molar-refractivity contribution in [3.05, 3.63) is 59.9 Å². The Labute approximate surface area is 155 Å². The highest BCUT2D eigenvalue weighted by atomic mass is 19.1. The van der Waals surface area contributed by atoms with Gasteiger partial charge in [-0.05, 0) is 43.0 Å². The molecule has 1 aliphatic heterocycles.